The minimum atomic E-state index is -4.84. The summed E-state index contributed by atoms with van der Waals surface area (Å²) < 4.78 is 51.3. The number of aliphatic hydroxyl groups is 1. The van der Waals surface area contributed by atoms with Gasteiger partial charge in [-0.1, -0.05) is 6.07 Å². The van der Waals surface area contributed by atoms with Gasteiger partial charge in [-0.2, -0.15) is 13.2 Å². The Labute approximate surface area is 118 Å². The molecule has 1 aromatic carbocycles. The van der Waals surface area contributed by atoms with E-state index in [0.29, 0.717) is 17.7 Å². The summed E-state index contributed by atoms with van der Waals surface area (Å²) >= 11 is 0. The zero-order valence-corrected chi connectivity index (χ0v) is 10.9. The third kappa shape index (κ3) is 2.97. The molecular weight excluding hydrogens is 288 g/mol. The highest BCUT2D eigenvalue weighted by atomic mass is 19.4. The van der Waals surface area contributed by atoms with E-state index in [-0.39, 0.29) is 16.9 Å². The third-order valence-corrected chi connectivity index (χ3v) is 3.12. The van der Waals surface area contributed by atoms with E-state index in [1.165, 1.54) is 6.20 Å². The maximum Gasteiger partial charge on any atom is 0.419 e. The van der Waals surface area contributed by atoms with Crippen LogP contribution in [0.4, 0.5) is 23.4 Å². The number of hydrogen-bond acceptors (Lipinski definition) is 3. The SMILES string of the molecule is Cc1ccnc(N)c1C(O)c1ccc(F)c(C(F)(F)F)c1. The number of aryl methyl sites for hydroxylation is 1. The fourth-order valence-electron chi connectivity index (χ4n) is 2.04. The second kappa shape index (κ2) is 5.33. The molecule has 3 N–H and O–H groups in total. The largest absolute Gasteiger partial charge is 0.419 e. The number of hydrogen-bond donors (Lipinski definition) is 2. The van der Waals surface area contributed by atoms with Gasteiger partial charge in [0.05, 0.1) is 5.56 Å². The van der Waals surface area contributed by atoms with E-state index < -0.39 is 23.7 Å². The van der Waals surface area contributed by atoms with Crippen LogP contribution >= 0.6 is 0 Å². The van der Waals surface area contributed by atoms with Crippen LogP contribution in [0, 0.1) is 12.7 Å². The van der Waals surface area contributed by atoms with Crippen LogP contribution in [0.3, 0.4) is 0 Å². The molecule has 0 saturated heterocycles. The molecule has 1 aromatic heterocycles. The molecule has 0 aliphatic carbocycles. The summed E-state index contributed by atoms with van der Waals surface area (Å²) in [6, 6.07) is 3.90. The monoisotopic (exact) mass is 300 g/mol. The first-order chi connectivity index (χ1) is 9.71. The number of pyridine rings is 1. The molecule has 7 heteroatoms. The lowest BCUT2D eigenvalue weighted by Gasteiger charge is -2.17. The number of rotatable bonds is 2. The Kier molecular flexibility index (Phi) is 3.87. The van der Waals surface area contributed by atoms with Gasteiger partial charge in [-0.25, -0.2) is 9.37 Å². The quantitative estimate of drug-likeness (QED) is 0.837. The number of aromatic nitrogens is 1. The minimum Gasteiger partial charge on any atom is -0.384 e. The average molecular weight is 300 g/mol. The Hall–Kier alpha value is -2.15. The van der Waals surface area contributed by atoms with Gasteiger partial charge >= 0.3 is 6.18 Å². The van der Waals surface area contributed by atoms with Gasteiger partial charge in [0.15, 0.2) is 0 Å². The van der Waals surface area contributed by atoms with Gasteiger partial charge in [-0.05, 0) is 36.2 Å². The first-order valence-corrected chi connectivity index (χ1v) is 5.97. The van der Waals surface area contributed by atoms with Crippen molar-refractivity contribution in [3.63, 3.8) is 0 Å². The van der Waals surface area contributed by atoms with Gasteiger partial charge in [0.1, 0.15) is 17.7 Å². The number of halogens is 4. The van der Waals surface area contributed by atoms with Crippen molar-refractivity contribution in [2.75, 3.05) is 5.73 Å². The Morgan fingerprint density at radius 2 is 1.90 bits per heavy atom. The van der Waals surface area contributed by atoms with Crippen molar-refractivity contribution in [3.05, 3.63) is 58.5 Å². The van der Waals surface area contributed by atoms with E-state index >= 15 is 0 Å². The van der Waals surface area contributed by atoms with Crippen molar-refractivity contribution in [1.82, 2.24) is 4.98 Å². The van der Waals surface area contributed by atoms with Crippen LogP contribution in [-0.2, 0) is 6.18 Å². The van der Waals surface area contributed by atoms with Crippen LogP contribution in [0.15, 0.2) is 30.5 Å². The first-order valence-electron chi connectivity index (χ1n) is 5.97. The molecule has 1 unspecified atom stereocenters. The number of benzene rings is 1. The minimum absolute atomic E-state index is 0.0142. The van der Waals surface area contributed by atoms with E-state index in [9.17, 15) is 22.7 Å². The average Bonchev–Trinajstić information content (AvgIpc) is 2.37. The van der Waals surface area contributed by atoms with Crippen molar-refractivity contribution in [3.8, 4) is 0 Å². The fourth-order valence-corrected chi connectivity index (χ4v) is 2.04. The molecule has 0 bridgehead atoms. The highest BCUT2D eigenvalue weighted by Crippen LogP contribution is 2.35. The predicted molar refractivity (Wildman–Crippen MR) is 68.9 cm³/mol. The summed E-state index contributed by atoms with van der Waals surface area (Å²) in [7, 11) is 0. The van der Waals surface area contributed by atoms with Gasteiger partial charge in [-0.3, -0.25) is 0 Å². The van der Waals surface area contributed by atoms with Crippen molar-refractivity contribution < 1.29 is 22.7 Å². The van der Waals surface area contributed by atoms with Crippen molar-refractivity contribution in [1.29, 1.82) is 0 Å². The Morgan fingerprint density at radius 1 is 1.24 bits per heavy atom. The molecule has 0 fully saturated rings. The summed E-state index contributed by atoms with van der Waals surface area (Å²) in [5, 5.41) is 10.2. The van der Waals surface area contributed by atoms with Crippen molar-refractivity contribution in [2.24, 2.45) is 0 Å². The molecule has 0 spiro atoms. The van der Waals surface area contributed by atoms with Crippen LogP contribution in [0.2, 0.25) is 0 Å². The lowest BCUT2D eigenvalue weighted by Crippen LogP contribution is -2.12. The molecule has 1 heterocycles. The van der Waals surface area contributed by atoms with Crippen molar-refractivity contribution in [2.45, 2.75) is 19.2 Å². The van der Waals surface area contributed by atoms with E-state index in [0.717, 1.165) is 6.07 Å². The molecule has 21 heavy (non-hydrogen) atoms. The van der Waals surface area contributed by atoms with Crippen LogP contribution in [0.5, 0.6) is 0 Å². The second-order valence-electron chi connectivity index (χ2n) is 4.57. The topological polar surface area (TPSA) is 59.1 Å². The number of alkyl halides is 3. The smallest absolute Gasteiger partial charge is 0.384 e. The number of nitrogens with two attached hydrogens (primary N) is 1. The molecule has 2 aromatic rings. The second-order valence-corrected chi connectivity index (χ2v) is 4.57. The third-order valence-electron chi connectivity index (χ3n) is 3.12. The number of aliphatic hydroxyl groups excluding tert-OH is 1. The molecule has 0 saturated carbocycles. The Balaban J connectivity index is 2.52. The lowest BCUT2D eigenvalue weighted by atomic mass is 9.96. The lowest BCUT2D eigenvalue weighted by molar-refractivity contribution is -0.140. The van der Waals surface area contributed by atoms with Gasteiger partial charge < -0.3 is 10.8 Å². The zero-order valence-electron chi connectivity index (χ0n) is 10.9. The standard InChI is InChI=1S/C14H12F4N2O/c1-7-4-5-20-13(19)11(7)12(21)8-2-3-10(15)9(6-8)14(16,17)18/h2-6,12,21H,1H3,(H2,19,20). The van der Waals surface area contributed by atoms with Crippen LogP contribution in [-0.4, -0.2) is 10.1 Å². The van der Waals surface area contributed by atoms with Gasteiger partial charge in [0, 0.05) is 11.8 Å². The maximum absolute atomic E-state index is 13.3. The normalized spacial score (nSPS) is 13.2. The summed E-state index contributed by atoms with van der Waals surface area (Å²) in [5.41, 5.74) is 4.89. The highest BCUT2D eigenvalue weighted by molar-refractivity contribution is 5.49. The molecule has 0 radical (unpaired) electrons. The van der Waals surface area contributed by atoms with E-state index in [4.69, 9.17) is 5.73 Å². The van der Waals surface area contributed by atoms with Crippen LogP contribution in [0.1, 0.15) is 28.4 Å². The van der Waals surface area contributed by atoms with E-state index in [1.807, 2.05) is 0 Å². The molecular formula is C14H12F4N2O. The van der Waals surface area contributed by atoms with Gasteiger partial charge in [0.25, 0.3) is 0 Å². The number of anilines is 1. The Morgan fingerprint density at radius 3 is 2.48 bits per heavy atom. The summed E-state index contributed by atoms with van der Waals surface area (Å²) in [6.07, 6.45) is -4.83. The van der Waals surface area contributed by atoms with Crippen LogP contribution < -0.4 is 5.73 Å². The molecule has 2 rings (SSSR count). The summed E-state index contributed by atoms with van der Waals surface area (Å²) in [5.74, 6) is -1.38. The van der Waals surface area contributed by atoms with Gasteiger partial charge in [0.2, 0.25) is 0 Å². The summed E-state index contributed by atoms with van der Waals surface area (Å²) in [4.78, 5) is 3.80. The molecule has 0 aliphatic heterocycles. The van der Waals surface area contributed by atoms with E-state index in [1.54, 1.807) is 13.0 Å². The molecule has 0 amide bonds. The van der Waals surface area contributed by atoms with Gasteiger partial charge in [-0.15, -0.1) is 0 Å². The molecule has 1 atom stereocenters. The maximum atomic E-state index is 13.3. The molecule has 3 nitrogen and oxygen atoms in total. The Bertz CT molecular complexity index is 650. The predicted octanol–water partition coefficient (Wildman–Crippen LogP) is 3.21. The molecule has 112 valence electrons. The summed E-state index contributed by atoms with van der Waals surface area (Å²) in [6.45, 7) is 1.64. The number of nitrogens with zero attached hydrogens (tertiary/aromatic N) is 1. The van der Waals surface area contributed by atoms with E-state index in [2.05, 4.69) is 4.98 Å². The van der Waals surface area contributed by atoms with Crippen LogP contribution in [0.25, 0.3) is 0 Å². The van der Waals surface area contributed by atoms with Crippen molar-refractivity contribution >= 4 is 5.82 Å². The molecule has 0 aliphatic rings. The fraction of sp³-hybridized carbons (Fsp3) is 0.214. The highest BCUT2D eigenvalue weighted by Gasteiger charge is 2.35. The number of nitrogen functional groups attached to an aromatic ring is 1. The zero-order chi connectivity index (χ0) is 15.8. The first kappa shape index (κ1) is 15.2.